The van der Waals surface area contributed by atoms with E-state index < -0.39 is 31.4 Å². The highest BCUT2D eigenvalue weighted by Gasteiger charge is 2.33. The lowest BCUT2D eigenvalue weighted by molar-refractivity contribution is -0.130. The second kappa shape index (κ2) is 14.1. The van der Waals surface area contributed by atoms with Crippen molar-refractivity contribution in [3.63, 3.8) is 0 Å². The Morgan fingerprint density at radius 3 is 2.37 bits per heavy atom. The maximum absolute atomic E-state index is 13.0. The molecule has 176 valence electrons. The van der Waals surface area contributed by atoms with E-state index in [-0.39, 0.29) is 18.2 Å². The maximum atomic E-state index is 13.0. The molecule has 1 rings (SSSR count). The Hall–Kier alpha value is -0.990. The van der Waals surface area contributed by atoms with E-state index in [2.05, 4.69) is 21.3 Å². The molecule has 0 saturated carbocycles. The Labute approximate surface area is 180 Å². The molecule has 3 atom stereocenters. The molecule has 1 aliphatic rings. The minimum Gasteiger partial charge on any atom is -0.354 e. The molecule has 2 unspecified atom stereocenters. The molecule has 30 heavy (non-hydrogen) atoms. The minimum absolute atomic E-state index is 0.139. The average molecular weight is 449 g/mol. The highest BCUT2D eigenvalue weighted by atomic mass is 31.2. The quantitative estimate of drug-likeness (QED) is 0.309. The molecular weight excluding hydrogens is 407 g/mol. The molecule has 6 N–H and O–H groups in total. The second-order valence-corrected chi connectivity index (χ2v) is 10.3. The molecule has 1 saturated heterocycles. The topological polar surface area (TPSA) is 140 Å². The predicted octanol–water partition coefficient (Wildman–Crippen LogP) is 1.45. The van der Waals surface area contributed by atoms with Crippen molar-refractivity contribution in [2.75, 3.05) is 19.6 Å². The summed E-state index contributed by atoms with van der Waals surface area (Å²) in [7, 11) is -4.38. The number of nitrogens with one attached hydrogen (secondary N) is 4. The lowest BCUT2D eigenvalue weighted by atomic mass is 10.0. The zero-order valence-corrected chi connectivity index (χ0v) is 19.5. The number of amides is 2. The Bertz CT molecular complexity index is 569. The first-order valence-electron chi connectivity index (χ1n) is 11.2. The van der Waals surface area contributed by atoms with Crippen molar-refractivity contribution in [1.29, 1.82) is 0 Å². The van der Waals surface area contributed by atoms with Crippen LogP contribution in [0.2, 0.25) is 0 Å². The lowest BCUT2D eigenvalue weighted by Gasteiger charge is -2.28. The number of carbonyl (C=O) groups excluding carboxylic acids is 2. The van der Waals surface area contributed by atoms with Crippen LogP contribution in [0.25, 0.3) is 0 Å². The molecule has 10 heteroatoms. The van der Waals surface area contributed by atoms with Crippen molar-refractivity contribution < 1.29 is 23.9 Å². The molecule has 0 aromatic carbocycles. The van der Waals surface area contributed by atoms with Crippen LogP contribution in [0.15, 0.2) is 0 Å². The van der Waals surface area contributed by atoms with E-state index in [0.717, 1.165) is 45.2 Å². The molecule has 0 aromatic rings. The van der Waals surface area contributed by atoms with Crippen LogP contribution in [-0.4, -0.2) is 59.1 Å². The first-order valence-corrected chi connectivity index (χ1v) is 12.9. The summed E-state index contributed by atoms with van der Waals surface area (Å²) in [5.41, 5.74) is 0. The third-order valence-electron chi connectivity index (χ3n) is 5.27. The molecule has 1 heterocycles. The largest absolute Gasteiger partial charge is 0.354 e. The van der Waals surface area contributed by atoms with Crippen LogP contribution in [0.3, 0.4) is 0 Å². The number of hydrogen-bond acceptors (Lipinski definition) is 5. The van der Waals surface area contributed by atoms with Gasteiger partial charge in [-0.15, -0.1) is 0 Å². The van der Waals surface area contributed by atoms with Crippen molar-refractivity contribution in [3.8, 4) is 0 Å². The Kier molecular flexibility index (Phi) is 12.8. The van der Waals surface area contributed by atoms with E-state index in [1.807, 2.05) is 13.8 Å². The molecule has 0 bridgehead atoms. The van der Waals surface area contributed by atoms with Gasteiger partial charge in [0, 0.05) is 6.54 Å². The fourth-order valence-electron chi connectivity index (χ4n) is 3.57. The van der Waals surface area contributed by atoms with Crippen LogP contribution in [0.5, 0.6) is 0 Å². The highest BCUT2D eigenvalue weighted by Crippen LogP contribution is 2.41. The smallest absolute Gasteiger partial charge is 0.342 e. The fraction of sp³-hybridized carbons (Fsp3) is 0.900. The molecule has 1 aliphatic heterocycles. The van der Waals surface area contributed by atoms with E-state index >= 15 is 0 Å². The van der Waals surface area contributed by atoms with Gasteiger partial charge in [-0.3, -0.25) is 19.5 Å². The van der Waals surface area contributed by atoms with Crippen molar-refractivity contribution in [2.45, 2.75) is 90.0 Å². The normalized spacial score (nSPS) is 22.2. The molecule has 0 radical (unpaired) electrons. The van der Waals surface area contributed by atoms with E-state index in [1.54, 1.807) is 6.92 Å². The summed E-state index contributed by atoms with van der Waals surface area (Å²) >= 11 is 0. The summed E-state index contributed by atoms with van der Waals surface area (Å²) in [4.78, 5) is 44.7. The van der Waals surface area contributed by atoms with E-state index in [0.29, 0.717) is 19.4 Å². The summed E-state index contributed by atoms with van der Waals surface area (Å²) < 4.78 is 11.7. The number of hydrogen-bond donors (Lipinski definition) is 6. The first-order chi connectivity index (χ1) is 14.1. The zero-order valence-electron chi connectivity index (χ0n) is 18.7. The van der Waals surface area contributed by atoms with Gasteiger partial charge in [0.2, 0.25) is 11.8 Å². The molecule has 0 spiro atoms. The van der Waals surface area contributed by atoms with Crippen LogP contribution in [0, 0.1) is 5.92 Å². The van der Waals surface area contributed by atoms with Crippen molar-refractivity contribution in [1.82, 2.24) is 21.3 Å². The Morgan fingerprint density at radius 1 is 1.13 bits per heavy atom. The number of carbonyl (C=O) groups is 2. The third-order valence-corrected chi connectivity index (χ3v) is 6.60. The average Bonchev–Trinajstić information content (AvgIpc) is 2.67. The van der Waals surface area contributed by atoms with Crippen molar-refractivity contribution >= 4 is 19.4 Å². The third kappa shape index (κ3) is 10.9. The van der Waals surface area contributed by atoms with Crippen molar-refractivity contribution in [3.05, 3.63) is 0 Å². The van der Waals surface area contributed by atoms with Crippen LogP contribution in [0.4, 0.5) is 0 Å². The van der Waals surface area contributed by atoms with Gasteiger partial charge in [0.1, 0.15) is 11.8 Å². The molecular formula is C20H41N4O5P. The van der Waals surface area contributed by atoms with Gasteiger partial charge in [-0.05, 0) is 57.5 Å². The van der Waals surface area contributed by atoms with Gasteiger partial charge >= 0.3 is 7.60 Å². The van der Waals surface area contributed by atoms with Crippen LogP contribution in [0.1, 0.15) is 72.1 Å². The maximum Gasteiger partial charge on any atom is 0.342 e. The highest BCUT2D eigenvalue weighted by molar-refractivity contribution is 7.52. The summed E-state index contributed by atoms with van der Waals surface area (Å²) in [6.07, 6.45) is 6.08. The van der Waals surface area contributed by atoms with E-state index in [9.17, 15) is 23.9 Å². The fourth-order valence-corrected chi connectivity index (χ4v) is 4.42. The monoisotopic (exact) mass is 448 g/mol. The van der Waals surface area contributed by atoms with Gasteiger partial charge in [-0.1, -0.05) is 33.6 Å². The minimum atomic E-state index is -4.38. The Morgan fingerprint density at radius 2 is 1.77 bits per heavy atom. The Balaban J connectivity index is 2.84. The van der Waals surface area contributed by atoms with Crippen LogP contribution in [-0.2, 0) is 14.2 Å². The van der Waals surface area contributed by atoms with Gasteiger partial charge < -0.3 is 25.7 Å². The molecule has 0 aliphatic carbocycles. The summed E-state index contributed by atoms with van der Waals surface area (Å²) in [5.74, 6) is -1.55. The zero-order chi connectivity index (χ0) is 22.6. The molecule has 9 nitrogen and oxygen atoms in total. The lowest BCUT2D eigenvalue weighted by Crippen LogP contribution is -2.54. The molecule has 2 amide bonds. The van der Waals surface area contributed by atoms with E-state index in [1.165, 1.54) is 0 Å². The standard InChI is InChI=1S/C20H41N4O5P/c1-4-18(30(27,28)29)23-17(14-15(2)3)20(26)24-16-10-9-12-21-11-7-5-6-8-13-22-19(16)25/h15-18,21,23H,4-14H2,1-3H3,(H,22,25)(H,24,26)(H2,27,28,29)/t16?,17?,18-/m1/s1. The van der Waals surface area contributed by atoms with Crippen LogP contribution >= 0.6 is 7.60 Å². The van der Waals surface area contributed by atoms with Gasteiger partial charge in [-0.25, -0.2) is 0 Å². The SMILES string of the molecule is CC[C@H](NC(CC(C)C)C(=O)NC1CCCNCCCCCCNC1=O)P(=O)(O)O. The number of rotatable bonds is 8. The summed E-state index contributed by atoms with van der Waals surface area (Å²) in [6.45, 7) is 7.87. The van der Waals surface area contributed by atoms with Gasteiger partial charge in [0.15, 0.2) is 0 Å². The van der Waals surface area contributed by atoms with Crippen molar-refractivity contribution in [2.24, 2.45) is 5.92 Å². The summed E-state index contributed by atoms with van der Waals surface area (Å²) in [5, 5.41) is 11.9. The predicted molar refractivity (Wildman–Crippen MR) is 118 cm³/mol. The van der Waals surface area contributed by atoms with Gasteiger partial charge in [-0.2, -0.15) is 0 Å². The van der Waals surface area contributed by atoms with E-state index in [4.69, 9.17) is 0 Å². The van der Waals surface area contributed by atoms with Gasteiger partial charge in [0.25, 0.3) is 0 Å². The molecule has 1 fully saturated rings. The van der Waals surface area contributed by atoms with Gasteiger partial charge in [0.05, 0.1) is 6.04 Å². The summed E-state index contributed by atoms with van der Waals surface area (Å²) in [6, 6.07) is -1.44. The molecule has 0 aromatic heterocycles. The second-order valence-electron chi connectivity index (χ2n) is 8.52. The van der Waals surface area contributed by atoms with Crippen LogP contribution < -0.4 is 21.3 Å². The first kappa shape index (κ1) is 27.0.